The molecular formula is C13H18N2O4. The van der Waals surface area contributed by atoms with Gasteiger partial charge in [-0.1, -0.05) is 19.1 Å². The molecule has 0 bridgehead atoms. The van der Waals surface area contributed by atoms with Crippen LogP contribution in [0.3, 0.4) is 0 Å². The van der Waals surface area contributed by atoms with Crippen LogP contribution >= 0.6 is 0 Å². The normalized spacial score (nSPS) is 11.3. The number of benzene rings is 1. The molecule has 0 fully saturated rings. The molecule has 0 aliphatic rings. The molecule has 0 aliphatic heterocycles. The molecule has 0 radical (unpaired) electrons. The minimum Gasteiger partial charge on any atom is -0.477 e. The molecule has 6 heteroatoms. The molecule has 1 aromatic rings. The van der Waals surface area contributed by atoms with Gasteiger partial charge in [-0.3, -0.25) is 10.1 Å². The van der Waals surface area contributed by atoms with E-state index in [1.165, 1.54) is 12.1 Å². The summed E-state index contributed by atoms with van der Waals surface area (Å²) in [6.45, 7) is 6.28. The average molecular weight is 266 g/mol. The number of carboxylic acids is 1. The lowest BCUT2D eigenvalue weighted by molar-refractivity contribution is -0.385. The minimum absolute atomic E-state index is 0.152. The average Bonchev–Trinajstić information content (AvgIpc) is 2.35. The van der Waals surface area contributed by atoms with Gasteiger partial charge in [0.25, 0.3) is 5.69 Å². The SMILES string of the molecule is CCC(C)(C)NCc1cccc([N+](=O)[O-])c1C(=O)O. The fourth-order valence-electron chi connectivity index (χ4n) is 1.59. The lowest BCUT2D eigenvalue weighted by Gasteiger charge is -2.25. The zero-order valence-corrected chi connectivity index (χ0v) is 11.3. The number of hydrogen-bond acceptors (Lipinski definition) is 4. The number of nitrogens with one attached hydrogen (secondary N) is 1. The van der Waals surface area contributed by atoms with Crippen molar-refractivity contribution in [2.75, 3.05) is 0 Å². The number of carboxylic acid groups (broad SMARTS) is 1. The zero-order valence-electron chi connectivity index (χ0n) is 11.3. The number of rotatable bonds is 6. The van der Waals surface area contributed by atoms with E-state index in [1.54, 1.807) is 6.07 Å². The van der Waals surface area contributed by atoms with E-state index in [9.17, 15) is 14.9 Å². The van der Waals surface area contributed by atoms with Gasteiger partial charge in [0.1, 0.15) is 5.56 Å². The maximum Gasteiger partial charge on any atom is 0.343 e. The maximum atomic E-state index is 11.2. The largest absolute Gasteiger partial charge is 0.477 e. The van der Waals surface area contributed by atoms with Crippen LogP contribution in [0.4, 0.5) is 5.69 Å². The van der Waals surface area contributed by atoms with Gasteiger partial charge in [0.2, 0.25) is 0 Å². The van der Waals surface area contributed by atoms with Crippen LogP contribution < -0.4 is 5.32 Å². The molecule has 0 amide bonds. The molecule has 0 heterocycles. The molecule has 6 nitrogen and oxygen atoms in total. The van der Waals surface area contributed by atoms with E-state index in [-0.39, 0.29) is 23.3 Å². The highest BCUT2D eigenvalue weighted by molar-refractivity contribution is 5.94. The van der Waals surface area contributed by atoms with Crippen molar-refractivity contribution in [1.29, 1.82) is 0 Å². The fourth-order valence-corrected chi connectivity index (χ4v) is 1.59. The van der Waals surface area contributed by atoms with Crippen LogP contribution in [0.25, 0.3) is 0 Å². The Balaban J connectivity index is 3.11. The number of aromatic carboxylic acids is 1. The first-order valence-electron chi connectivity index (χ1n) is 6.03. The first kappa shape index (κ1) is 15.1. The summed E-state index contributed by atoms with van der Waals surface area (Å²) in [5.74, 6) is -1.28. The quantitative estimate of drug-likeness (QED) is 0.609. The Morgan fingerprint density at radius 2 is 2.11 bits per heavy atom. The van der Waals surface area contributed by atoms with Gasteiger partial charge in [-0.25, -0.2) is 4.79 Å². The van der Waals surface area contributed by atoms with Gasteiger partial charge in [0, 0.05) is 18.2 Å². The maximum absolute atomic E-state index is 11.2. The third-order valence-electron chi connectivity index (χ3n) is 3.18. The van der Waals surface area contributed by atoms with Crippen molar-refractivity contribution in [2.24, 2.45) is 0 Å². The van der Waals surface area contributed by atoms with E-state index >= 15 is 0 Å². The summed E-state index contributed by atoms with van der Waals surface area (Å²) >= 11 is 0. The molecule has 0 atom stereocenters. The van der Waals surface area contributed by atoms with Crippen LogP contribution in [-0.4, -0.2) is 21.5 Å². The van der Waals surface area contributed by atoms with Gasteiger partial charge in [-0.15, -0.1) is 0 Å². The standard InChI is InChI=1S/C13H18N2O4/c1-4-13(2,3)14-8-9-6-5-7-10(15(18)19)11(9)12(16)17/h5-7,14H,4,8H2,1-3H3,(H,16,17). The van der Waals surface area contributed by atoms with E-state index in [4.69, 9.17) is 5.11 Å². The van der Waals surface area contributed by atoms with Crippen molar-refractivity contribution in [3.05, 3.63) is 39.4 Å². The van der Waals surface area contributed by atoms with Crippen LogP contribution in [0.15, 0.2) is 18.2 Å². The first-order chi connectivity index (χ1) is 8.78. The van der Waals surface area contributed by atoms with Crippen LogP contribution in [0.5, 0.6) is 0 Å². The van der Waals surface area contributed by atoms with Crippen molar-refractivity contribution in [3.63, 3.8) is 0 Å². The summed E-state index contributed by atoms with van der Waals surface area (Å²) in [4.78, 5) is 21.4. The molecule has 0 unspecified atom stereocenters. The van der Waals surface area contributed by atoms with Gasteiger partial charge in [0.15, 0.2) is 0 Å². The molecule has 0 saturated heterocycles. The van der Waals surface area contributed by atoms with Crippen LogP contribution in [0, 0.1) is 10.1 Å². The van der Waals surface area contributed by atoms with Crippen LogP contribution in [-0.2, 0) is 6.54 Å². The summed E-state index contributed by atoms with van der Waals surface area (Å²) in [6.07, 6.45) is 0.865. The third-order valence-corrected chi connectivity index (χ3v) is 3.18. The monoisotopic (exact) mass is 266 g/mol. The Bertz CT molecular complexity index is 497. The summed E-state index contributed by atoms with van der Waals surface area (Å²) in [6, 6.07) is 4.30. The van der Waals surface area contributed by atoms with Crippen LogP contribution in [0.2, 0.25) is 0 Å². The van der Waals surface area contributed by atoms with Gasteiger partial charge in [-0.2, -0.15) is 0 Å². The number of nitro benzene ring substituents is 1. The first-order valence-corrected chi connectivity index (χ1v) is 6.03. The fraction of sp³-hybridized carbons (Fsp3) is 0.462. The van der Waals surface area contributed by atoms with E-state index in [0.717, 1.165) is 6.42 Å². The Morgan fingerprint density at radius 3 is 2.58 bits per heavy atom. The Hall–Kier alpha value is -1.95. The zero-order chi connectivity index (χ0) is 14.6. The summed E-state index contributed by atoms with van der Waals surface area (Å²) < 4.78 is 0. The molecule has 1 aromatic carbocycles. The topological polar surface area (TPSA) is 92.5 Å². The van der Waals surface area contributed by atoms with Crippen LogP contribution in [0.1, 0.15) is 43.1 Å². The summed E-state index contributed by atoms with van der Waals surface area (Å²) in [5.41, 5.74) is -0.350. The second kappa shape index (κ2) is 5.79. The second-order valence-electron chi connectivity index (χ2n) is 4.96. The number of nitro groups is 1. The van der Waals surface area contributed by atoms with E-state index in [1.807, 2.05) is 20.8 Å². The second-order valence-corrected chi connectivity index (χ2v) is 4.96. The predicted molar refractivity (Wildman–Crippen MR) is 71.3 cm³/mol. The highest BCUT2D eigenvalue weighted by Crippen LogP contribution is 2.23. The Labute approximate surface area is 111 Å². The molecule has 0 aliphatic carbocycles. The van der Waals surface area contributed by atoms with Gasteiger partial charge in [-0.05, 0) is 25.8 Å². The van der Waals surface area contributed by atoms with Crippen molar-refractivity contribution in [2.45, 2.75) is 39.3 Å². The molecule has 19 heavy (non-hydrogen) atoms. The molecule has 104 valence electrons. The number of carbonyl (C=O) groups is 1. The van der Waals surface area contributed by atoms with Crippen molar-refractivity contribution in [1.82, 2.24) is 5.32 Å². The van der Waals surface area contributed by atoms with Crippen molar-refractivity contribution >= 4 is 11.7 Å². The smallest absolute Gasteiger partial charge is 0.343 e. The van der Waals surface area contributed by atoms with E-state index < -0.39 is 10.9 Å². The van der Waals surface area contributed by atoms with Crippen molar-refractivity contribution < 1.29 is 14.8 Å². The molecule has 0 spiro atoms. The summed E-state index contributed by atoms with van der Waals surface area (Å²) in [7, 11) is 0. The van der Waals surface area contributed by atoms with E-state index in [2.05, 4.69) is 5.32 Å². The number of nitrogens with zero attached hydrogens (tertiary/aromatic N) is 1. The van der Waals surface area contributed by atoms with E-state index in [0.29, 0.717) is 5.56 Å². The molecule has 1 rings (SSSR count). The highest BCUT2D eigenvalue weighted by Gasteiger charge is 2.24. The lowest BCUT2D eigenvalue weighted by atomic mass is 10.00. The van der Waals surface area contributed by atoms with Gasteiger partial charge < -0.3 is 10.4 Å². The minimum atomic E-state index is -1.28. The lowest BCUT2D eigenvalue weighted by Crippen LogP contribution is -2.38. The molecular weight excluding hydrogens is 248 g/mol. The molecule has 0 aromatic heterocycles. The molecule has 0 saturated carbocycles. The summed E-state index contributed by atoms with van der Waals surface area (Å²) in [5, 5.41) is 23.2. The Morgan fingerprint density at radius 1 is 1.47 bits per heavy atom. The third kappa shape index (κ3) is 3.75. The van der Waals surface area contributed by atoms with Crippen molar-refractivity contribution in [3.8, 4) is 0 Å². The highest BCUT2D eigenvalue weighted by atomic mass is 16.6. The predicted octanol–water partition coefficient (Wildman–Crippen LogP) is 2.57. The van der Waals surface area contributed by atoms with Gasteiger partial charge in [0.05, 0.1) is 4.92 Å². The number of hydrogen-bond donors (Lipinski definition) is 2. The Kier molecular flexibility index (Phi) is 4.61. The molecule has 2 N–H and O–H groups in total. The van der Waals surface area contributed by atoms with Gasteiger partial charge >= 0.3 is 5.97 Å².